The fraction of sp³-hybridized carbons (Fsp3) is 0.235. The highest BCUT2D eigenvalue weighted by Crippen LogP contribution is 2.43. The number of nitrogens with one attached hydrogen (secondary N) is 1. The monoisotopic (exact) mass is 686 g/mol. The van der Waals surface area contributed by atoms with Gasteiger partial charge in [-0.15, -0.1) is 11.8 Å². The predicted molar refractivity (Wildman–Crippen MR) is 179 cm³/mol. The lowest BCUT2D eigenvalue weighted by Crippen LogP contribution is -2.69. The molecule has 3 aliphatic heterocycles. The van der Waals surface area contributed by atoms with Gasteiger partial charge in [0.05, 0.1) is 6.42 Å². The second-order valence-corrected chi connectivity index (χ2v) is 13.1. The van der Waals surface area contributed by atoms with Crippen molar-refractivity contribution in [3.05, 3.63) is 113 Å². The van der Waals surface area contributed by atoms with E-state index in [1.807, 2.05) is 30.3 Å². The fourth-order valence-corrected chi connectivity index (χ4v) is 7.56. The number of allylic oxidation sites excluding steroid dienone is 1. The first-order valence-corrected chi connectivity index (χ1v) is 16.6. The number of carbonyl (C=O) groups excluding carboxylic acids is 4. The highest BCUT2D eigenvalue weighted by atomic mass is 32.2. The van der Waals surface area contributed by atoms with Crippen molar-refractivity contribution in [3.63, 3.8) is 0 Å². The van der Waals surface area contributed by atoms with Gasteiger partial charge in [-0.3, -0.25) is 28.4 Å². The van der Waals surface area contributed by atoms with Crippen LogP contribution in [0.2, 0.25) is 0 Å². The summed E-state index contributed by atoms with van der Waals surface area (Å²) >= 11 is 5.66. The predicted octanol–water partition coefficient (Wildman–Crippen LogP) is 2.52. The van der Waals surface area contributed by atoms with Gasteiger partial charge in [0.2, 0.25) is 18.4 Å². The molecule has 0 unspecified atom stereocenters. The van der Waals surface area contributed by atoms with Crippen LogP contribution in [-0.2, 0) is 43.5 Å². The van der Waals surface area contributed by atoms with Gasteiger partial charge in [-0.05, 0) is 53.5 Å². The van der Waals surface area contributed by atoms with Crippen molar-refractivity contribution < 1.29 is 38.8 Å². The summed E-state index contributed by atoms with van der Waals surface area (Å²) in [5.41, 5.74) is 2.85. The number of phenols is 1. The minimum Gasteiger partial charge on any atom is -0.508 e. The van der Waals surface area contributed by atoms with E-state index in [0.29, 0.717) is 36.3 Å². The van der Waals surface area contributed by atoms with E-state index in [1.165, 1.54) is 28.8 Å². The molecular formula is C34H32N5O7S2+. The zero-order chi connectivity index (χ0) is 33.9. The largest absolute Gasteiger partial charge is 0.508 e. The number of carbonyl (C=O) groups is 5. The first-order chi connectivity index (χ1) is 23.1. The van der Waals surface area contributed by atoms with E-state index in [0.717, 1.165) is 15.4 Å². The Morgan fingerprint density at radius 3 is 2.42 bits per heavy atom. The average Bonchev–Trinajstić information content (AvgIpc) is 3.41. The number of rotatable bonds is 10. The topological polar surface area (TPSA) is 151 Å². The number of aromatic nitrogens is 1. The standard InChI is InChI=1S/C34H31N5O7S2/c40-26-8-6-25(7-9-26)35-27(41)19-36-13-10-22(11-14-36)18-37-15-12-23(31(37)43)17-24-20-48-33-30(32(44)38(33)29(24)34(45)46)39(47)28(42)16-21-4-2-1-3-5-21/h1-11,13-14,17,30,33,47H,12,15-16,18-20H2,(H2-,35,40,41,45,46)/p+1/t30-,33-/m1/s1. The molecule has 2 saturated heterocycles. The Balaban J connectivity index is 1.08. The molecule has 3 aromatic rings. The number of aromatic hydroxyl groups is 1. The van der Waals surface area contributed by atoms with E-state index in [-0.39, 0.29) is 47.9 Å². The van der Waals surface area contributed by atoms with Gasteiger partial charge in [-0.2, -0.15) is 4.57 Å². The number of hydrogen-bond acceptors (Lipinski definition) is 8. The molecule has 246 valence electrons. The van der Waals surface area contributed by atoms with Crippen LogP contribution < -0.4 is 9.88 Å². The highest BCUT2D eigenvalue weighted by Gasteiger charge is 2.56. The number of likely N-dealkylation sites (tertiary alicyclic amines) is 1. The Kier molecular flexibility index (Phi) is 9.55. The van der Waals surface area contributed by atoms with E-state index in [4.69, 9.17) is 0 Å². The number of amides is 4. The fourth-order valence-electron chi connectivity index (χ4n) is 5.83. The lowest BCUT2D eigenvalue weighted by atomic mass is 10.0. The number of pyridine rings is 1. The SMILES string of the molecule is O=C(C[n+]1ccc(CN2CCC(=CC3=C(C(=O)O)N4C(=O)[C@@H](N(S)C(=O)Cc5ccccc5)[C@H]4SC3)C2=O)cc1)Nc1ccc(O)cc1. The molecule has 0 bridgehead atoms. The van der Waals surface area contributed by atoms with E-state index in [9.17, 15) is 34.2 Å². The van der Waals surface area contributed by atoms with Gasteiger partial charge in [-0.25, -0.2) is 4.79 Å². The average molecular weight is 687 g/mol. The van der Waals surface area contributed by atoms with Gasteiger partial charge >= 0.3 is 5.97 Å². The molecule has 12 nitrogen and oxygen atoms in total. The number of phenolic OH excluding ortho intramolecular Hbond substituents is 1. The molecule has 2 aromatic carbocycles. The summed E-state index contributed by atoms with van der Waals surface area (Å²) < 4.78 is 2.81. The van der Waals surface area contributed by atoms with Crippen molar-refractivity contribution in [2.24, 2.45) is 0 Å². The summed E-state index contributed by atoms with van der Waals surface area (Å²) in [6.07, 6.45) is 5.57. The van der Waals surface area contributed by atoms with Crippen LogP contribution in [0.5, 0.6) is 5.75 Å². The molecule has 6 rings (SSSR count). The maximum absolute atomic E-state index is 13.3. The number of β-lactam (4-membered cyclic amide) rings is 1. The second-order valence-electron chi connectivity index (χ2n) is 11.6. The molecule has 0 spiro atoms. The van der Waals surface area contributed by atoms with Crippen LogP contribution in [0.15, 0.2) is 102 Å². The van der Waals surface area contributed by atoms with Gasteiger partial charge in [0.1, 0.15) is 16.8 Å². The lowest BCUT2D eigenvalue weighted by Gasteiger charge is -2.51. The Morgan fingerprint density at radius 1 is 1.02 bits per heavy atom. The molecule has 0 saturated carbocycles. The van der Waals surface area contributed by atoms with Crippen molar-refractivity contribution in [1.82, 2.24) is 14.1 Å². The number of thiol groups is 1. The van der Waals surface area contributed by atoms with E-state index in [1.54, 1.807) is 52.2 Å². The molecule has 14 heteroatoms. The van der Waals surface area contributed by atoms with Crippen molar-refractivity contribution in [1.29, 1.82) is 0 Å². The maximum Gasteiger partial charge on any atom is 0.352 e. The Bertz CT molecular complexity index is 1830. The third-order valence-electron chi connectivity index (χ3n) is 8.26. The molecule has 4 heterocycles. The van der Waals surface area contributed by atoms with Crippen LogP contribution in [0.4, 0.5) is 5.69 Å². The van der Waals surface area contributed by atoms with Crippen LogP contribution in [0, 0.1) is 0 Å². The van der Waals surface area contributed by atoms with Crippen molar-refractivity contribution in [2.75, 3.05) is 17.6 Å². The molecule has 3 aliphatic rings. The molecule has 0 radical (unpaired) electrons. The van der Waals surface area contributed by atoms with E-state index >= 15 is 0 Å². The first-order valence-electron chi connectivity index (χ1n) is 15.1. The van der Waals surface area contributed by atoms with Crippen molar-refractivity contribution in [3.8, 4) is 5.75 Å². The minimum absolute atomic E-state index is 0.0608. The number of fused-ring (bicyclic) bond motifs is 1. The van der Waals surface area contributed by atoms with E-state index in [2.05, 4.69) is 18.1 Å². The van der Waals surface area contributed by atoms with Gasteiger partial charge in [0.25, 0.3) is 11.8 Å². The van der Waals surface area contributed by atoms with Crippen LogP contribution in [0.25, 0.3) is 0 Å². The molecular weight excluding hydrogens is 655 g/mol. The molecule has 3 N–H and O–H groups in total. The van der Waals surface area contributed by atoms with Gasteiger partial charge in [0, 0.05) is 42.2 Å². The summed E-state index contributed by atoms with van der Waals surface area (Å²) in [7, 11) is 0. The molecule has 4 amide bonds. The van der Waals surface area contributed by atoms with Crippen molar-refractivity contribution in [2.45, 2.75) is 37.3 Å². The number of nitrogens with zero attached hydrogens (tertiary/aromatic N) is 4. The quantitative estimate of drug-likeness (QED) is 0.0836. The minimum atomic E-state index is -1.28. The van der Waals surface area contributed by atoms with Crippen LogP contribution >= 0.6 is 24.6 Å². The third kappa shape index (κ3) is 6.94. The zero-order valence-corrected chi connectivity index (χ0v) is 27.3. The number of benzene rings is 2. The Morgan fingerprint density at radius 2 is 1.73 bits per heavy atom. The number of hydrogen-bond donors (Lipinski definition) is 4. The van der Waals surface area contributed by atoms with Gasteiger partial charge < -0.3 is 20.4 Å². The molecule has 1 aromatic heterocycles. The Hall–Kier alpha value is -5.08. The number of thioether (sulfide) groups is 1. The zero-order valence-electron chi connectivity index (χ0n) is 25.6. The molecule has 2 atom stereocenters. The maximum atomic E-state index is 13.3. The third-order valence-corrected chi connectivity index (χ3v) is 10.0. The summed E-state index contributed by atoms with van der Waals surface area (Å²) in [6.45, 7) is 0.856. The number of aliphatic carboxylic acids is 1. The van der Waals surface area contributed by atoms with Gasteiger partial charge in [0.15, 0.2) is 18.4 Å². The molecule has 2 fully saturated rings. The van der Waals surface area contributed by atoms with Gasteiger partial charge in [-0.1, -0.05) is 43.1 Å². The lowest BCUT2D eigenvalue weighted by molar-refractivity contribution is -0.684. The molecule has 48 heavy (non-hydrogen) atoms. The van der Waals surface area contributed by atoms with Crippen LogP contribution in [0.1, 0.15) is 17.5 Å². The summed E-state index contributed by atoms with van der Waals surface area (Å²) in [6, 6.07) is 18.0. The number of carboxylic acids is 1. The number of anilines is 1. The Labute approximate surface area is 285 Å². The van der Waals surface area contributed by atoms with Crippen LogP contribution in [0.3, 0.4) is 0 Å². The second kappa shape index (κ2) is 14.0. The molecule has 0 aliphatic carbocycles. The highest BCUT2D eigenvalue weighted by molar-refractivity contribution is 8.00. The number of carboxylic acid groups (broad SMARTS) is 1. The summed E-state index contributed by atoms with van der Waals surface area (Å²) in [4.78, 5) is 67.1. The summed E-state index contributed by atoms with van der Waals surface area (Å²) in [5, 5.41) is 21.7. The normalized spacial score (nSPS) is 19.6. The smallest absolute Gasteiger partial charge is 0.352 e. The van der Waals surface area contributed by atoms with Crippen molar-refractivity contribution >= 4 is 59.9 Å². The van der Waals surface area contributed by atoms with E-state index < -0.39 is 23.3 Å². The first kappa shape index (κ1) is 32.8. The van der Waals surface area contributed by atoms with Crippen LogP contribution in [-0.4, -0.2) is 77.6 Å². The summed E-state index contributed by atoms with van der Waals surface area (Å²) in [5.74, 6) is -2.27.